The lowest BCUT2D eigenvalue weighted by atomic mass is 10.1. The summed E-state index contributed by atoms with van der Waals surface area (Å²) in [5, 5.41) is 15.9. The van der Waals surface area contributed by atoms with Crippen molar-refractivity contribution in [3.8, 4) is 0 Å². The van der Waals surface area contributed by atoms with Crippen LogP contribution < -0.4 is 10.6 Å². The molecule has 2 heterocycles. The Kier molecular flexibility index (Phi) is 8.58. The molecular weight excluding hydrogens is 441 g/mol. The van der Waals surface area contributed by atoms with Crippen molar-refractivity contribution in [1.29, 1.82) is 0 Å². The van der Waals surface area contributed by atoms with Crippen LogP contribution in [0.5, 0.6) is 0 Å². The van der Waals surface area contributed by atoms with Crippen molar-refractivity contribution in [2.75, 3.05) is 7.05 Å². The Bertz CT molecular complexity index is 758. The monoisotopic (exact) mass is 473 g/mol. The van der Waals surface area contributed by atoms with Crippen LogP contribution in [0.3, 0.4) is 0 Å². The van der Waals surface area contributed by atoms with Gasteiger partial charge in [-0.05, 0) is 26.7 Å². The van der Waals surface area contributed by atoms with Crippen LogP contribution in [0.4, 0.5) is 0 Å². The summed E-state index contributed by atoms with van der Waals surface area (Å²) < 4.78 is 3.91. The van der Waals surface area contributed by atoms with Crippen LogP contribution >= 0.6 is 24.0 Å². The van der Waals surface area contributed by atoms with Gasteiger partial charge in [-0.1, -0.05) is 13.8 Å². The Balaban J connectivity index is 0.00000338. The Morgan fingerprint density at radius 1 is 0.962 bits per heavy atom. The molecule has 0 saturated carbocycles. The molecule has 26 heavy (non-hydrogen) atoms. The molecular formula is C18H32IN7. The zero-order valence-corrected chi connectivity index (χ0v) is 19.3. The Hall–Kier alpha value is -1.58. The molecule has 0 radical (unpaired) electrons. The van der Waals surface area contributed by atoms with E-state index in [0.29, 0.717) is 6.54 Å². The quantitative estimate of drug-likeness (QED) is 0.384. The molecule has 2 aromatic rings. The molecule has 0 aliphatic rings. The maximum atomic E-state index is 4.63. The van der Waals surface area contributed by atoms with Gasteiger partial charge in [0.1, 0.15) is 0 Å². The SMILES string of the molecule is CCc1nn(C)c(CC)c1CNC(=NC)NCc1c(C)nn(C)c1C.I. The van der Waals surface area contributed by atoms with Crippen molar-refractivity contribution in [1.82, 2.24) is 30.2 Å². The van der Waals surface area contributed by atoms with Gasteiger partial charge in [0.2, 0.25) is 0 Å². The average molecular weight is 473 g/mol. The highest BCUT2D eigenvalue weighted by Crippen LogP contribution is 2.15. The first-order valence-corrected chi connectivity index (χ1v) is 8.90. The molecule has 0 aliphatic carbocycles. The van der Waals surface area contributed by atoms with Crippen LogP contribution in [0.15, 0.2) is 4.99 Å². The van der Waals surface area contributed by atoms with Gasteiger partial charge in [0.15, 0.2) is 5.96 Å². The fraction of sp³-hybridized carbons (Fsp3) is 0.611. The fourth-order valence-electron chi connectivity index (χ4n) is 3.23. The van der Waals surface area contributed by atoms with Gasteiger partial charge in [0, 0.05) is 56.7 Å². The Labute approximate surface area is 173 Å². The van der Waals surface area contributed by atoms with Crippen LogP contribution in [0.2, 0.25) is 0 Å². The van der Waals surface area contributed by atoms with Crippen molar-refractivity contribution in [2.45, 2.75) is 53.6 Å². The first kappa shape index (κ1) is 22.5. The van der Waals surface area contributed by atoms with E-state index in [9.17, 15) is 0 Å². The maximum Gasteiger partial charge on any atom is 0.191 e. The summed E-state index contributed by atoms with van der Waals surface area (Å²) >= 11 is 0. The molecule has 0 unspecified atom stereocenters. The first-order valence-electron chi connectivity index (χ1n) is 8.90. The summed E-state index contributed by atoms with van der Waals surface area (Å²) in [4.78, 5) is 4.34. The second-order valence-electron chi connectivity index (χ2n) is 6.25. The molecule has 2 N–H and O–H groups in total. The molecule has 0 amide bonds. The minimum absolute atomic E-state index is 0. The lowest BCUT2D eigenvalue weighted by Gasteiger charge is -2.13. The van der Waals surface area contributed by atoms with Gasteiger partial charge in [0.25, 0.3) is 0 Å². The van der Waals surface area contributed by atoms with Gasteiger partial charge >= 0.3 is 0 Å². The molecule has 0 aliphatic heterocycles. The number of hydrogen-bond donors (Lipinski definition) is 2. The predicted octanol–water partition coefficient (Wildman–Crippen LogP) is 2.38. The summed E-state index contributed by atoms with van der Waals surface area (Å²) in [7, 11) is 5.78. The number of aliphatic imine (C=N–C) groups is 1. The zero-order valence-electron chi connectivity index (χ0n) is 17.0. The van der Waals surface area contributed by atoms with Gasteiger partial charge in [-0.15, -0.1) is 24.0 Å². The molecule has 0 spiro atoms. The van der Waals surface area contributed by atoms with Crippen LogP contribution in [0.1, 0.15) is 47.8 Å². The molecule has 8 heteroatoms. The van der Waals surface area contributed by atoms with Gasteiger partial charge in [-0.2, -0.15) is 10.2 Å². The second-order valence-corrected chi connectivity index (χ2v) is 6.25. The summed E-state index contributed by atoms with van der Waals surface area (Å²) in [5.41, 5.74) is 7.16. The van der Waals surface area contributed by atoms with Crippen LogP contribution in [0, 0.1) is 13.8 Å². The number of guanidine groups is 1. The standard InChI is InChI=1S/C18H31N7.HI/c1-8-16-15(17(9-2)25(7)23-16)11-21-18(19-5)20-10-14-12(3)22-24(6)13(14)4;/h8-11H2,1-7H3,(H2,19,20,21);1H. The largest absolute Gasteiger partial charge is 0.352 e. The van der Waals surface area contributed by atoms with E-state index in [2.05, 4.69) is 46.6 Å². The lowest BCUT2D eigenvalue weighted by Crippen LogP contribution is -2.36. The van der Waals surface area contributed by atoms with Crippen molar-refractivity contribution in [3.05, 3.63) is 33.9 Å². The third-order valence-electron chi connectivity index (χ3n) is 4.78. The Morgan fingerprint density at radius 2 is 1.58 bits per heavy atom. The average Bonchev–Trinajstić information content (AvgIpc) is 3.03. The molecule has 0 saturated heterocycles. The van der Waals surface area contributed by atoms with E-state index in [-0.39, 0.29) is 24.0 Å². The topological polar surface area (TPSA) is 72.1 Å². The van der Waals surface area contributed by atoms with Gasteiger partial charge in [0.05, 0.1) is 11.4 Å². The molecule has 7 nitrogen and oxygen atoms in total. The second kappa shape index (κ2) is 9.94. The highest BCUT2D eigenvalue weighted by atomic mass is 127. The number of nitrogens with one attached hydrogen (secondary N) is 2. The summed E-state index contributed by atoms with van der Waals surface area (Å²) in [6, 6.07) is 0. The van der Waals surface area contributed by atoms with Crippen molar-refractivity contribution in [3.63, 3.8) is 0 Å². The summed E-state index contributed by atoms with van der Waals surface area (Å²) in [6.07, 6.45) is 1.91. The van der Waals surface area contributed by atoms with Gasteiger partial charge in [-0.3, -0.25) is 14.4 Å². The zero-order chi connectivity index (χ0) is 18.6. The summed E-state index contributed by atoms with van der Waals surface area (Å²) in [6.45, 7) is 9.87. The van der Waals surface area contributed by atoms with E-state index >= 15 is 0 Å². The lowest BCUT2D eigenvalue weighted by molar-refractivity contribution is 0.702. The fourth-order valence-corrected chi connectivity index (χ4v) is 3.23. The number of hydrogen-bond acceptors (Lipinski definition) is 3. The predicted molar refractivity (Wildman–Crippen MR) is 117 cm³/mol. The minimum atomic E-state index is 0. The van der Waals surface area contributed by atoms with Crippen LogP contribution in [0.25, 0.3) is 0 Å². The van der Waals surface area contributed by atoms with Crippen LogP contribution in [-0.2, 0) is 40.0 Å². The van der Waals surface area contributed by atoms with Crippen molar-refractivity contribution < 1.29 is 0 Å². The number of nitrogens with zero attached hydrogens (tertiary/aromatic N) is 5. The van der Waals surface area contributed by atoms with Crippen molar-refractivity contribution >= 4 is 29.9 Å². The van der Waals surface area contributed by atoms with E-state index in [4.69, 9.17) is 0 Å². The van der Waals surface area contributed by atoms with Crippen LogP contribution in [-0.4, -0.2) is 32.6 Å². The molecule has 0 bridgehead atoms. The molecule has 0 aromatic carbocycles. The van der Waals surface area contributed by atoms with E-state index in [1.54, 1.807) is 7.05 Å². The first-order chi connectivity index (χ1) is 11.9. The molecule has 2 aromatic heterocycles. The highest BCUT2D eigenvalue weighted by molar-refractivity contribution is 14.0. The van der Waals surface area contributed by atoms with E-state index in [0.717, 1.165) is 36.7 Å². The number of aryl methyl sites for hydroxylation is 4. The van der Waals surface area contributed by atoms with E-state index < -0.39 is 0 Å². The van der Waals surface area contributed by atoms with E-state index in [1.165, 1.54) is 22.5 Å². The van der Waals surface area contributed by atoms with Crippen molar-refractivity contribution in [2.24, 2.45) is 19.1 Å². The number of rotatable bonds is 6. The molecule has 0 fully saturated rings. The maximum absolute atomic E-state index is 4.63. The Morgan fingerprint density at radius 3 is 2.04 bits per heavy atom. The highest BCUT2D eigenvalue weighted by Gasteiger charge is 2.14. The normalized spacial score (nSPS) is 11.4. The molecule has 2 rings (SSSR count). The third-order valence-corrected chi connectivity index (χ3v) is 4.78. The van der Waals surface area contributed by atoms with Gasteiger partial charge < -0.3 is 10.6 Å². The van der Waals surface area contributed by atoms with E-state index in [1.807, 2.05) is 30.4 Å². The molecule has 0 atom stereocenters. The summed E-state index contributed by atoms with van der Waals surface area (Å²) in [5.74, 6) is 0.788. The van der Waals surface area contributed by atoms with Gasteiger partial charge in [-0.25, -0.2) is 0 Å². The smallest absolute Gasteiger partial charge is 0.191 e. The third kappa shape index (κ3) is 4.77. The number of halogens is 1. The molecule has 146 valence electrons. The number of aromatic nitrogens is 4. The minimum Gasteiger partial charge on any atom is -0.352 e.